The van der Waals surface area contributed by atoms with Crippen molar-refractivity contribution in [2.24, 2.45) is 0 Å². The topological polar surface area (TPSA) is 58.6 Å². The van der Waals surface area contributed by atoms with Crippen LogP contribution < -0.4 is 9.64 Å². The van der Waals surface area contributed by atoms with Crippen LogP contribution in [0.1, 0.15) is 27.2 Å². The van der Waals surface area contributed by atoms with Gasteiger partial charge in [-0.25, -0.2) is 9.37 Å². The quantitative estimate of drug-likeness (QED) is 0.329. The Hall–Kier alpha value is -3.97. The highest BCUT2D eigenvalue weighted by atomic mass is 35.5. The average molecular weight is 503 g/mol. The van der Waals surface area contributed by atoms with Gasteiger partial charge >= 0.3 is 0 Å². The molecule has 4 aromatic rings. The van der Waals surface area contributed by atoms with Crippen LogP contribution in [0.2, 0.25) is 5.02 Å². The zero-order valence-electron chi connectivity index (χ0n) is 19.7. The number of aromatic nitrogens is 2. The minimum absolute atomic E-state index is 0.112. The highest BCUT2D eigenvalue weighted by Crippen LogP contribution is 2.32. The number of benzene rings is 3. The number of ether oxygens (including phenoxy) is 1. The van der Waals surface area contributed by atoms with E-state index in [2.05, 4.69) is 0 Å². The smallest absolute Gasteiger partial charge is 0.254 e. The summed E-state index contributed by atoms with van der Waals surface area (Å²) in [6.45, 7) is 1.40. The van der Waals surface area contributed by atoms with Gasteiger partial charge in [-0.2, -0.15) is 4.98 Å². The van der Waals surface area contributed by atoms with Crippen LogP contribution in [0.25, 0.3) is 0 Å². The van der Waals surface area contributed by atoms with Crippen molar-refractivity contribution in [3.8, 4) is 11.6 Å². The highest BCUT2D eigenvalue weighted by Gasteiger charge is 2.28. The molecule has 0 saturated carbocycles. The molecule has 0 fully saturated rings. The summed E-state index contributed by atoms with van der Waals surface area (Å²) < 4.78 is 19.9. The molecule has 1 aliphatic rings. The van der Waals surface area contributed by atoms with E-state index in [0.717, 1.165) is 11.3 Å². The Labute approximate surface area is 213 Å². The average Bonchev–Trinajstić information content (AvgIpc) is 2.89. The maximum Gasteiger partial charge on any atom is 0.254 e. The molecule has 6 nitrogen and oxygen atoms in total. The number of nitrogens with zero attached hydrogens (tertiary/aromatic N) is 4. The summed E-state index contributed by atoms with van der Waals surface area (Å²) in [6, 6.07) is 22.8. The molecule has 0 aliphatic carbocycles. The molecule has 2 heterocycles. The fourth-order valence-electron chi connectivity index (χ4n) is 4.15. The number of hydrogen-bond donors (Lipinski definition) is 0. The van der Waals surface area contributed by atoms with E-state index in [4.69, 9.17) is 26.3 Å². The summed E-state index contributed by atoms with van der Waals surface area (Å²) in [5.41, 5.74) is 3.19. The zero-order chi connectivity index (χ0) is 25.1. The number of halogens is 2. The SMILES string of the molecule is CN(Cc1ccccc1)c1nc2c(c(Oc3cccc(F)c3)n1)CN(C(=O)c1ccc(Cl)cc1)CC2. The monoisotopic (exact) mass is 502 g/mol. The maximum absolute atomic E-state index is 13.9. The molecule has 0 saturated heterocycles. The Balaban J connectivity index is 1.47. The molecule has 1 amide bonds. The van der Waals surface area contributed by atoms with E-state index in [-0.39, 0.29) is 12.5 Å². The largest absolute Gasteiger partial charge is 0.438 e. The van der Waals surface area contributed by atoms with Gasteiger partial charge in [-0.1, -0.05) is 48.0 Å². The molecule has 0 atom stereocenters. The van der Waals surface area contributed by atoms with Gasteiger partial charge in [0.2, 0.25) is 11.8 Å². The number of amides is 1. The number of fused-ring (bicyclic) bond motifs is 1. The predicted octanol–water partition coefficient (Wildman–Crippen LogP) is 5.90. The lowest BCUT2D eigenvalue weighted by atomic mass is 10.1. The van der Waals surface area contributed by atoms with E-state index < -0.39 is 5.82 Å². The zero-order valence-corrected chi connectivity index (χ0v) is 20.5. The van der Waals surface area contributed by atoms with Crippen LogP contribution in [-0.2, 0) is 19.5 Å². The normalized spacial score (nSPS) is 12.7. The molecule has 36 heavy (non-hydrogen) atoms. The molecule has 8 heteroatoms. The van der Waals surface area contributed by atoms with Gasteiger partial charge in [-0.3, -0.25) is 4.79 Å². The lowest BCUT2D eigenvalue weighted by Gasteiger charge is -2.30. The summed E-state index contributed by atoms with van der Waals surface area (Å²) in [5, 5.41) is 0.571. The van der Waals surface area contributed by atoms with E-state index in [1.165, 1.54) is 12.1 Å². The summed E-state index contributed by atoms with van der Waals surface area (Å²) in [7, 11) is 1.92. The molecule has 182 valence electrons. The molecular formula is C28H24ClFN4O2. The number of carbonyl (C=O) groups excluding carboxylic acids is 1. The van der Waals surface area contributed by atoms with Crippen molar-refractivity contribution in [1.82, 2.24) is 14.9 Å². The third kappa shape index (κ3) is 5.31. The first-order chi connectivity index (χ1) is 17.5. The number of anilines is 1. The second kappa shape index (κ2) is 10.3. The van der Waals surface area contributed by atoms with E-state index in [9.17, 15) is 9.18 Å². The third-order valence-electron chi connectivity index (χ3n) is 6.00. The maximum atomic E-state index is 13.9. The highest BCUT2D eigenvalue weighted by molar-refractivity contribution is 6.30. The van der Waals surface area contributed by atoms with Crippen molar-refractivity contribution in [2.45, 2.75) is 19.5 Å². The van der Waals surface area contributed by atoms with E-state index in [1.54, 1.807) is 41.3 Å². The van der Waals surface area contributed by atoms with Gasteiger partial charge in [-0.05, 0) is 42.0 Å². The number of rotatable bonds is 6. The number of carbonyl (C=O) groups is 1. The van der Waals surface area contributed by atoms with Crippen LogP contribution in [-0.4, -0.2) is 34.4 Å². The van der Waals surface area contributed by atoms with Gasteiger partial charge in [-0.15, -0.1) is 0 Å². The summed E-state index contributed by atoms with van der Waals surface area (Å²) >= 11 is 5.98. The van der Waals surface area contributed by atoms with Crippen molar-refractivity contribution in [1.29, 1.82) is 0 Å². The summed E-state index contributed by atoms with van der Waals surface area (Å²) in [6.07, 6.45) is 0.545. The van der Waals surface area contributed by atoms with Gasteiger partial charge in [0.1, 0.15) is 11.6 Å². The van der Waals surface area contributed by atoms with E-state index >= 15 is 0 Å². The standard InChI is InChI=1S/C28H24ClFN4O2/c1-33(17-19-6-3-2-4-7-19)28-31-25-14-15-34(27(35)20-10-12-21(29)13-11-20)18-24(25)26(32-28)36-23-9-5-8-22(30)16-23/h2-13,16H,14-15,17-18H2,1H3. The summed E-state index contributed by atoms with van der Waals surface area (Å²) in [4.78, 5) is 26.3. The molecule has 0 spiro atoms. The first-order valence-electron chi connectivity index (χ1n) is 11.6. The van der Waals surface area contributed by atoms with Crippen molar-refractivity contribution < 1.29 is 13.9 Å². The fourth-order valence-corrected chi connectivity index (χ4v) is 4.27. The van der Waals surface area contributed by atoms with Gasteiger partial charge in [0.25, 0.3) is 5.91 Å². The molecule has 1 aromatic heterocycles. The van der Waals surface area contributed by atoms with Crippen LogP contribution >= 0.6 is 11.6 Å². The van der Waals surface area contributed by atoms with E-state index in [0.29, 0.717) is 53.2 Å². The van der Waals surface area contributed by atoms with Gasteiger partial charge in [0.05, 0.1) is 17.8 Å². The predicted molar refractivity (Wildman–Crippen MR) is 137 cm³/mol. The Morgan fingerprint density at radius 1 is 1.06 bits per heavy atom. The Kier molecular flexibility index (Phi) is 6.82. The Bertz CT molecular complexity index is 1380. The minimum atomic E-state index is -0.406. The fraction of sp³-hybridized carbons (Fsp3) is 0.179. The Morgan fingerprint density at radius 3 is 2.58 bits per heavy atom. The van der Waals surface area contributed by atoms with Crippen molar-refractivity contribution in [2.75, 3.05) is 18.5 Å². The minimum Gasteiger partial charge on any atom is -0.438 e. The van der Waals surface area contributed by atoms with Gasteiger partial charge in [0.15, 0.2) is 0 Å². The first kappa shape index (κ1) is 23.8. The van der Waals surface area contributed by atoms with Gasteiger partial charge < -0.3 is 14.5 Å². The Morgan fingerprint density at radius 2 is 1.83 bits per heavy atom. The lowest BCUT2D eigenvalue weighted by molar-refractivity contribution is 0.0732. The first-order valence-corrected chi connectivity index (χ1v) is 12.0. The lowest BCUT2D eigenvalue weighted by Crippen LogP contribution is -2.37. The van der Waals surface area contributed by atoms with Crippen molar-refractivity contribution in [3.05, 3.63) is 112 Å². The van der Waals surface area contributed by atoms with Crippen LogP contribution in [0.3, 0.4) is 0 Å². The molecule has 0 N–H and O–H groups in total. The molecule has 0 bridgehead atoms. The van der Waals surface area contributed by atoms with Crippen LogP contribution in [0.15, 0.2) is 78.9 Å². The molecular weight excluding hydrogens is 479 g/mol. The molecule has 3 aromatic carbocycles. The summed E-state index contributed by atoms with van der Waals surface area (Å²) in [5.74, 6) is 0.625. The van der Waals surface area contributed by atoms with Crippen LogP contribution in [0, 0.1) is 5.82 Å². The van der Waals surface area contributed by atoms with Crippen molar-refractivity contribution >= 4 is 23.5 Å². The van der Waals surface area contributed by atoms with Crippen LogP contribution in [0.5, 0.6) is 11.6 Å². The molecule has 1 aliphatic heterocycles. The molecule has 0 unspecified atom stereocenters. The number of hydrogen-bond acceptors (Lipinski definition) is 5. The van der Waals surface area contributed by atoms with E-state index in [1.807, 2.05) is 42.3 Å². The van der Waals surface area contributed by atoms with Gasteiger partial charge in [0, 0.05) is 43.2 Å². The molecule has 0 radical (unpaired) electrons. The van der Waals surface area contributed by atoms with Crippen LogP contribution in [0.4, 0.5) is 10.3 Å². The second-order valence-corrected chi connectivity index (χ2v) is 9.08. The molecule has 5 rings (SSSR count). The second-order valence-electron chi connectivity index (χ2n) is 8.64. The van der Waals surface area contributed by atoms with Crippen molar-refractivity contribution in [3.63, 3.8) is 0 Å². The third-order valence-corrected chi connectivity index (χ3v) is 6.26.